The molecule has 2 heterocycles. The van der Waals surface area contributed by atoms with Crippen LogP contribution in [0, 0.1) is 0 Å². The van der Waals surface area contributed by atoms with E-state index in [0.29, 0.717) is 25.9 Å². The molecule has 1 aliphatic heterocycles. The molecule has 0 saturated carbocycles. The number of carbonyl (C=O) groups excluding carboxylic acids is 1. The normalized spacial score (nSPS) is 15.6. The summed E-state index contributed by atoms with van der Waals surface area (Å²) >= 11 is 6.19. The van der Waals surface area contributed by atoms with Crippen LogP contribution in [0.3, 0.4) is 0 Å². The number of amides is 1. The van der Waals surface area contributed by atoms with Gasteiger partial charge in [0.05, 0.1) is 26.5 Å². The second kappa shape index (κ2) is 7.90. The zero-order valence-corrected chi connectivity index (χ0v) is 17.8. The lowest BCUT2D eigenvalue weighted by Gasteiger charge is -2.32. The lowest BCUT2D eigenvalue weighted by molar-refractivity contribution is 0.0695. The van der Waals surface area contributed by atoms with Gasteiger partial charge in [0, 0.05) is 19.1 Å². The molecule has 0 unspecified atom stereocenters. The number of piperidine rings is 1. The summed E-state index contributed by atoms with van der Waals surface area (Å²) in [4.78, 5) is 29.9. The van der Waals surface area contributed by atoms with E-state index >= 15 is 0 Å². The van der Waals surface area contributed by atoms with Gasteiger partial charge in [0.15, 0.2) is 0 Å². The van der Waals surface area contributed by atoms with E-state index in [2.05, 4.69) is 9.71 Å². The number of halogens is 1. The second-order valence-corrected chi connectivity index (χ2v) is 9.48. The minimum absolute atomic E-state index is 0.0158. The van der Waals surface area contributed by atoms with Gasteiger partial charge < -0.3 is 9.88 Å². The number of hydrogen-bond acceptors (Lipinski definition) is 4. The molecule has 0 spiro atoms. The van der Waals surface area contributed by atoms with Crippen LogP contribution in [-0.4, -0.2) is 48.9 Å². The Kier molecular flexibility index (Phi) is 5.44. The Morgan fingerprint density at radius 3 is 2.57 bits per heavy atom. The summed E-state index contributed by atoms with van der Waals surface area (Å²) in [5, 5.41) is 0.199. The molecule has 0 bridgehead atoms. The maximum Gasteiger partial charge on any atom is 0.326 e. The predicted octanol–water partition coefficient (Wildman–Crippen LogP) is 2.37. The molecular formula is C20H21ClN4O4S. The van der Waals surface area contributed by atoms with E-state index in [1.54, 1.807) is 9.47 Å². The molecular weight excluding hydrogens is 428 g/mol. The third kappa shape index (κ3) is 3.64. The molecule has 158 valence electrons. The fourth-order valence-electron chi connectivity index (χ4n) is 3.89. The smallest absolute Gasteiger partial charge is 0.326 e. The highest BCUT2D eigenvalue weighted by Gasteiger charge is 2.28. The summed E-state index contributed by atoms with van der Waals surface area (Å²) in [5.41, 5.74) is 1.63. The Labute approximate surface area is 178 Å². The van der Waals surface area contributed by atoms with Gasteiger partial charge in [-0.15, -0.1) is 0 Å². The summed E-state index contributed by atoms with van der Waals surface area (Å²) in [6.45, 7) is 0.879. The van der Waals surface area contributed by atoms with Gasteiger partial charge in [-0.05, 0) is 50.2 Å². The Morgan fingerprint density at radius 1 is 1.17 bits per heavy atom. The standard InChI is InChI=1S/C20H21ClN4O4S/c1-22-30(28,29)14-6-7-16(21)15(12-14)19(26)24-10-8-13(9-11-24)25-18-5-3-2-4-17(18)23-20(25)27/h2-7,12-13,22H,8-11H2,1H3,(H,23,27). The van der Waals surface area contributed by atoms with Crippen molar-refractivity contribution in [2.75, 3.05) is 20.1 Å². The first-order chi connectivity index (χ1) is 14.3. The number of aromatic amines is 1. The van der Waals surface area contributed by atoms with Crippen molar-refractivity contribution in [1.29, 1.82) is 0 Å². The number of nitrogens with one attached hydrogen (secondary N) is 2. The lowest BCUT2D eigenvalue weighted by atomic mass is 10.0. The van der Waals surface area contributed by atoms with Crippen molar-refractivity contribution in [1.82, 2.24) is 19.2 Å². The Bertz CT molecular complexity index is 1270. The number of hydrogen-bond donors (Lipinski definition) is 2. The molecule has 2 aromatic carbocycles. The molecule has 1 fully saturated rings. The first-order valence-electron chi connectivity index (χ1n) is 9.53. The molecule has 0 radical (unpaired) electrons. The molecule has 1 aliphatic rings. The van der Waals surface area contributed by atoms with Crippen molar-refractivity contribution in [3.05, 3.63) is 63.5 Å². The van der Waals surface area contributed by atoms with Crippen LogP contribution < -0.4 is 10.4 Å². The number of rotatable bonds is 4. The van der Waals surface area contributed by atoms with Gasteiger partial charge in [-0.2, -0.15) is 0 Å². The first kappa shape index (κ1) is 20.6. The molecule has 1 saturated heterocycles. The van der Waals surface area contributed by atoms with Crippen LogP contribution in [0.2, 0.25) is 5.02 Å². The number of imidazole rings is 1. The van der Waals surface area contributed by atoms with Crippen molar-refractivity contribution in [2.24, 2.45) is 0 Å². The van der Waals surface area contributed by atoms with Crippen molar-refractivity contribution >= 4 is 38.6 Å². The molecule has 0 atom stereocenters. The van der Waals surface area contributed by atoms with E-state index < -0.39 is 10.0 Å². The number of nitrogens with zero attached hydrogens (tertiary/aromatic N) is 2. The zero-order valence-electron chi connectivity index (χ0n) is 16.3. The second-order valence-electron chi connectivity index (χ2n) is 7.19. The molecule has 4 rings (SSSR count). The summed E-state index contributed by atoms with van der Waals surface area (Å²) in [5.74, 6) is -0.321. The fraction of sp³-hybridized carbons (Fsp3) is 0.300. The van der Waals surface area contributed by atoms with Crippen LogP contribution >= 0.6 is 11.6 Å². The number of carbonyl (C=O) groups is 1. The van der Waals surface area contributed by atoms with E-state index in [4.69, 9.17) is 11.6 Å². The molecule has 1 amide bonds. The van der Waals surface area contributed by atoms with Gasteiger partial charge >= 0.3 is 5.69 Å². The number of fused-ring (bicyclic) bond motifs is 1. The molecule has 2 N–H and O–H groups in total. The highest BCUT2D eigenvalue weighted by Crippen LogP contribution is 2.28. The van der Waals surface area contributed by atoms with E-state index in [1.807, 2.05) is 24.3 Å². The highest BCUT2D eigenvalue weighted by molar-refractivity contribution is 7.89. The summed E-state index contributed by atoms with van der Waals surface area (Å²) in [6, 6.07) is 11.6. The van der Waals surface area contributed by atoms with Crippen LogP contribution in [0.1, 0.15) is 29.2 Å². The molecule has 0 aliphatic carbocycles. The van der Waals surface area contributed by atoms with Crippen molar-refractivity contribution < 1.29 is 13.2 Å². The fourth-order valence-corrected chi connectivity index (χ4v) is 4.84. The number of aromatic nitrogens is 2. The third-order valence-electron chi connectivity index (χ3n) is 5.49. The van der Waals surface area contributed by atoms with E-state index in [0.717, 1.165) is 11.0 Å². The van der Waals surface area contributed by atoms with Crippen molar-refractivity contribution in [3.8, 4) is 0 Å². The predicted molar refractivity (Wildman–Crippen MR) is 114 cm³/mol. The van der Waals surface area contributed by atoms with Gasteiger partial charge in [0.1, 0.15) is 0 Å². The molecule has 1 aromatic heterocycles. The minimum Gasteiger partial charge on any atom is -0.338 e. The molecule has 8 nitrogen and oxygen atoms in total. The SMILES string of the molecule is CNS(=O)(=O)c1ccc(Cl)c(C(=O)N2CCC(n3c(=O)[nH]c4ccccc43)CC2)c1. The molecule has 30 heavy (non-hydrogen) atoms. The van der Waals surface area contributed by atoms with Gasteiger partial charge in [0.2, 0.25) is 10.0 Å². The van der Waals surface area contributed by atoms with Gasteiger partial charge in [0.25, 0.3) is 5.91 Å². The van der Waals surface area contributed by atoms with Gasteiger partial charge in [-0.3, -0.25) is 9.36 Å². The van der Waals surface area contributed by atoms with Crippen LogP contribution in [-0.2, 0) is 10.0 Å². The largest absolute Gasteiger partial charge is 0.338 e. The van der Waals surface area contributed by atoms with Crippen molar-refractivity contribution in [2.45, 2.75) is 23.8 Å². The first-order valence-corrected chi connectivity index (χ1v) is 11.4. The summed E-state index contributed by atoms with van der Waals surface area (Å²) in [7, 11) is -2.38. The number of para-hydroxylation sites is 2. The lowest BCUT2D eigenvalue weighted by Crippen LogP contribution is -2.40. The van der Waals surface area contributed by atoms with Gasteiger partial charge in [-0.1, -0.05) is 23.7 Å². The third-order valence-corrected chi connectivity index (χ3v) is 7.23. The Morgan fingerprint density at radius 2 is 1.87 bits per heavy atom. The number of likely N-dealkylation sites (tertiary alicyclic amines) is 1. The van der Waals surface area contributed by atoms with Gasteiger partial charge in [-0.25, -0.2) is 17.9 Å². The van der Waals surface area contributed by atoms with Crippen LogP contribution in [0.25, 0.3) is 11.0 Å². The van der Waals surface area contributed by atoms with Crippen molar-refractivity contribution in [3.63, 3.8) is 0 Å². The average molecular weight is 449 g/mol. The Hall–Kier alpha value is -2.62. The number of benzene rings is 2. The Balaban J connectivity index is 1.55. The number of H-pyrrole nitrogens is 1. The monoisotopic (exact) mass is 448 g/mol. The minimum atomic E-state index is -3.69. The van der Waals surface area contributed by atoms with E-state index in [1.165, 1.54) is 25.2 Å². The van der Waals surface area contributed by atoms with Crippen LogP contribution in [0.5, 0.6) is 0 Å². The maximum absolute atomic E-state index is 13.0. The summed E-state index contributed by atoms with van der Waals surface area (Å²) in [6.07, 6.45) is 1.22. The highest BCUT2D eigenvalue weighted by atomic mass is 35.5. The quantitative estimate of drug-likeness (QED) is 0.639. The van der Waals surface area contributed by atoms with E-state index in [9.17, 15) is 18.0 Å². The van der Waals surface area contributed by atoms with Crippen LogP contribution in [0.15, 0.2) is 52.2 Å². The zero-order chi connectivity index (χ0) is 21.5. The topological polar surface area (TPSA) is 104 Å². The average Bonchev–Trinajstić information content (AvgIpc) is 3.09. The molecule has 10 heteroatoms. The number of sulfonamides is 1. The van der Waals surface area contributed by atoms with E-state index in [-0.39, 0.29) is 33.1 Å². The maximum atomic E-state index is 13.0. The summed E-state index contributed by atoms with van der Waals surface area (Å²) < 4.78 is 28.1. The van der Waals surface area contributed by atoms with Crippen LogP contribution in [0.4, 0.5) is 0 Å². The molecule has 3 aromatic rings.